The van der Waals surface area contributed by atoms with Crippen molar-refractivity contribution in [3.8, 4) is 0 Å². The van der Waals surface area contributed by atoms with Crippen molar-refractivity contribution >= 4 is 10.9 Å². The zero-order chi connectivity index (χ0) is 13.1. The fraction of sp³-hybridized carbons (Fsp3) is 0.267. The summed E-state index contributed by atoms with van der Waals surface area (Å²) in [5, 5.41) is 10.8. The van der Waals surface area contributed by atoms with E-state index in [0.717, 1.165) is 22.9 Å². The summed E-state index contributed by atoms with van der Waals surface area (Å²) in [5.41, 5.74) is 2.14. The molecule has 0 spiro atoms. The highest BCUT2D eigenvalue weighted by Crippen LogP contribution is 2.20. The second-order valence-corrected chi connectivity index (χ2v) is 4.33. The molecule has 94 valence electrons. The number of H-pyrrole nitrogens is 1. The molecule has 0 aliphatic heterocycles. The summed E-state index contributed by atoms with van der Waals surface area (Å²) in [4.78, 5) is 14.8. The number of pyridine rings is 1. The standard InChI is InChI=1S/C15H17NO2/c1-3-6-13(17)12-9-11-8-5-7-10(4-2)14(11)16-15(12)18/h3,5,7-9,13,17H,1,4,6H2,2H3,(H,16,18). The second kappa shape index (κ2) is 5.19. The van der Waals surface area contributed by atoms with E-state index >= 15 is 0 Å². The zero-order valence-corrected chi connectivity index (χ0v) is 10.4. The van der Waals surface area contributed by atoms with Crippen molar-refractivity contribution in [3.63, 3.8) is 0 Å². The molecule has 1 unspecified atom stereocenters. The predicted molar refractivity (Wildman–Crippen MR) is 73.7 cm³/mol. The molecule has 0 aliphatic carbocycles. The number of aromatic nitrogens is 1. The third-order valence-corrected chi connectivity index (χ3v) is 3.12. The van der Waals surface area contributed by atoms with Crippen molar-refractivity contribution in [2.75, 3.05) is 0 Å². The molecule has 1 atom stereocenters. The van der Waals surface area contributed by atoms with E-state index in [2.05, 4.69) is 11.6 Å². The number of aryl methyl sites for hydroxylation is 1. The van der Waals surface area contributed by atoms with Gasteiger partial charge in [0.05, 0.1) is 11.6 Å². The van der Waals surface area contributed by atoms with Crippen LogP contribution in [-0.4, -0.2) is 10.1 Å². The Bertz CT molecular complexity index is 628. The molecular weight excluding hydrogens is 226 g/mol. The summed E-state index contributed by atoms with van der Waals surface area (Å²) >= 11 is 0. The van der Waals surface area contributed by atoms with Crippen molar-refractivity contribution in [1.29, 1.82) is 0 Å². The lowest BCUT2D eigenvalue weighted by atomic mass is 10.0. The van der Waals surface area contributed by atoms with Gasteiger partial charge in [0.25, 0.3) is 5.56 Å². The molecule has 3 nitrogen and oxygen atoms in total. The van der Waals surface area contributed by atoms with Gasteiger partial charge in [-0.25, -0.2) is 0 Å². The minimum atomic E-state index is -0.791. The normalized spacial score (nSPS) is 12.6. The molecule has 1 heterocycles. The van der Waals surface area contributed by atoms with Crippen LogP contribution in [0.25, 0.3) is 10.9 Å². The summed E-state index contributed by atoms with van der Waals surface area (Å²) in [7, 11) is 0. The van der Waals surface area contributed by atoms with Crippen LogP contribution in [0, 0.1) is 0 Å². The Balaban J connectivity index is 2.63. The number of fused-ring (bicyclic) bond motifs is 1. The molecule has 1 aromatic carbocycles. The summed E-state index contributed by atoms with van der Waals surface area (Å²) in [6.07, 6.45) is 2.06. The van der Waals surface area contributed by atoms with Crippen molar-refractivity contribution in [3.05, 3.63) is 58.4 Å². The van der Waals surface area contributed by atoms with Gasteiger partial charge in [-0.05, 0) is 29.9 Å². The van der Waals surface area contributed by atoms with Crippen LogP contribution in [0.15, 0.2) is 41.7 Å². The summed E-state index contributed by atoms with van der Waals surface area (Å²) < 4.78 is 0. The number of benzene rings is 1. The van der Waals surface area contributed by atoms with Gasteiger partial charge in [0, 0.05) is 5.56 Å². The van der Waals surface area contributed by atoms with Crippen molar-refractivity contribution in [1.82, 2.24) is 4.98 Å². The third kappa shape index (κ3) is 2.22. The van der Waals surface area contributed by atoms with Gasteiger partial charge < -0.3 is 10.1 Å². The van der Waals surface area contributed by atoms with Gasteiger partial charge in [0.1, 0.15) is 0 Å². The van der Waals surface area contributed by atoms with E-state index in [-0.39, 0.29) is 5.56 Å². The van der Waals surface area contributed by atoms with Crippen molar-refractivity contribution < 1.29 is 5.11 Å². The first-order valence-electron chi connectivity index (χ1n) is 6.11. The SMILES string of the molecule is C=CCC(O)c1cc2cccc(CC)c2[nH]c1=O. The molecule has 0 bridgehead atoms. The van der Waals surface area contributed by atoms with E-state index in [1.54, 1.807) is 12.1 Å². The number of hydrogen-bond acceptors (Lipinski definition) is 2. The van der Waals surface area contributed by atoms with E-state index in [1.807, 2.05) is 25.1 Å². The Morgan fingerprint density at radius 1 is 1.50 bits per heavy atom. The lowest BCUT2D eigenvalue weighted by Crippen LogP contribution is -2.16. The average Bonchev–Trinajstić information content (AvgIpc) is 2.37. The third-order valence-electron chi connectivity index (χ3n) is 3.12. The highest BCUT2D eigenvalue weighted by Gasteiger charge is 2.12. The van der Waals surface area contributed by atoms with Crippen LogP contribution in [0.2, 0.25) is 0 Å². The van der Waals surface area contributed by atoms with Gasteiger partial charge in [-0.2, -0.15) is 0 Å². The molecule has 3 heteroatoms. The predicted octanol–water partition coefficient (Wildman–Crippen LogP) is 2.70. The van der Waals surface area contributed by atoms with E-state index in [4.69, 9.17) is 0 Å². The lowest BCUT2D eigenvalue weighted by Gasteiger charge is -2.10. The van der Waals surface area contributed by atoms with Crippen molar-refractivity contribution in [2.45, 2.75) is 25.9 Å². The van der Waals surface area contributed by atoms with Crippen LogP contribution in [0.1, 0.15) is 30.6 Å². The fourth-order valence-electron chi connectivity index (χ4n) is 2.14. The van der Waals surface area contributed by atoms with Crippen LogP contribution in [0.5, 0.6) is 0 Å². The van der Waals surface area contributed by atoms with Crippen LogP contribution in [0.4, 0.5) is 0 Å². The molecule has 0 radical (unpaired) electrons. The summed E-state index contributed by atoms with van der Waals surface area (Å²) in [5.74, 6) is 0. The molecule has 2 rings (SSSR count). The van der Waals surface area contributed by atoms with E-state index in [0.29, 0.717) is 12.0 Å². The molecule has 0 saturated carbocycles. The fourth-order valence-corrected chi connectivity index (χ4v) is 2.14. The molecule has 0 aliphatic rings. The first-order valence-corrected chi connectivity index (χ1v) is 6.11. The number of para-hydroxylation sites is 1. The summed E-state index contributed by atoms with van der Waals surface area (Å²) in [6, 6.07) is 7.66. The number of aliphatic hydroxyl groups is 1. The maximum Gasteiger partial charge on any atom is 0.254 e. The Morgan fingerprint density at radius 3 is 2.94 bits per heavy atom. The number of rotatable bonds is 4. The minimum Gasteiger partial charge on any atom is -0.388 e. The Hall–Kier alpha value is -1.87. The molecule has 0 amide bonds. The van der Waals surface area contributed by atoms with Crippen molar-refractivity contribution in [2.24, 2.45) is 0 Å². The van der Waals surface area contributed by atoms with Gasteiger partial charge in [-0.1, -0.05) is 31.2 Å². The highest BCUT2D eigenvalue weighted by molar-refractivity contribution is 5.82. The smallest absolute Gasteiger partial charge is 0.254 e. The molecule has 0 saturated heterocycles. The topological polar surface area (TPSA) is 53.1 Å². The highest BCUT2D eigenvalue weighted by atomic mass is 16.3. The quantitative estimate of drug-likeness (QED) is 0.811. The zero-order valence-electron chi connectivity index (χ0n) is 10.4. The number of aliphatic hydroxyl groups excluding tert-OH is 1. The van der Waals surface area contributed by atoms with Crippen LogP contribution < -0.4 is 5.56 Å². The average molecular weight is 243 g/mol. The largest absolute Gasteiger partial charge is 0.388 e. The Morgan fingerprint density at radius 2 is 2.28 bits per heavy atom. The van der Waals surface area contributed by atoms with E-state index in [9.17, 15) is 9.90 Å². The first kappa shape index (κ1) is 12.6. The van der Waals surface area contributed by atoms with Gasteiger partial charge in [-0.3, -0.25) is 4.79 Å². The van der Waals surface area contributed by atoms with Gasteiger partial charge in [0.15, 0.2) is 0 Å². The van der Waals surface area contributed by atoms with E-state index < -0.39 is 6.10 Å². The van der Waals surface area contributed by atoms with Crippen LogP contribution >= 0.6 is 0 Å². The monoisotopic (exact) mass is 243 g/mol. The summed E-state index contributed by atoms with van der Waals surface area (Å²) in [6.45, 7) is 5.62. The maximum absolute atomic E-state index is 12.0. The van der Waals surface area contributed by atoms with Gasteiger partial charge in [0.2, 0.25) is 0 Å². The Kier molecular flexibility index (Phi) is 3.63. The lowest BCUT2D eigenvalue weighted by molar-refractivity contribution is 0.180. The number of nitrogens with one attached hydrogen (secondary N) is 1. The molecular formula is C15H17NO2. The number of hydrogen-bond donors (Lipinski definition) is 2. The molecule has 18 heavy (non-hydrogen) atoms. The maximum atomic E-state index is 12.0. The minimum absolute atomic E-state index is 0.224. The molecule has 0 fully saturated rings. The van der Waals surface area contributed by atoms with Gasteiger partial charge >= 0.3 is 0 Å². The van der Waals surface area contributed by atoms with Gasteiger partial charge in [-0.15, -0.1) is 6.58 Å². The molecule has 2 N–H and O–H groups in total. The van der Waals surface area contributed by atoms with Crippen LogP contribution in [0.3, 0.4) is 0 Å². The second-order valence-electron chi connectivity index (χ2n) is 4.33. The number of aromatic amines is 1. The Labute approximate surface area is 106 Å². The van der Waals surface area contributed by atoms with E-state index in [1.165, 1.54) is 0 Å². The molecule has 2 aromatic rings. The molecule has 1 aromatic heterocycles. The van der Waals surface area contributed by atoms with Crippen LogP contribution in [-0.2, 0) is 6.42 Å². The first-order chi connectivity index (χ1) is 8.67.